The summed E-state index contributed by atoms with van der Waals surface area (Å²) in [6.45, 7) is 0. The lowest BCUT2D eigenvalue weighted by Crippen LogP contribution is -2.39. The second-order valence-electron chi connectivity index (χ2n) is 3.39. The minimum atomic E-state index is -0.823. The van der Waals surface area contributed by atoms with E-state index in [1.54, 1.807) is 6.20 Å². The van der Waals surface area contributed by atoms with Crippen molar-refractivity contribution in [2.24, 2.45) is 0 Å². The molecule has 0 radical (unpaired) electrons. The molecule has 1 N–H and O–H groups in total. The molecule has 0 aromatic carbocycles. The monoisotopic (exact) mass is 181 g/mol. The standard InChI is InChI=1S/C8H11N3O2/c12-7(13)8(3-1-2-4-8)11-6-5-9-10-11/h5-6H,1-4H2,(H,12,13). The van der Waals surface area contributed by atoms with Crippen molar-refractivity contribution in [1.82, 2.24) is 15.0 Å². The maximum Gasteiger partial charge on any atom is 0.331 e. The minimum absolute atomic E-state index is 0.658. The minimum Gasteiger partial charge on any atom is -0.479 e. The van der Waals surface area contributed by atoms with Crippen LogP contribution in [0.2, 0.25) is 0 Å². The molecule has 0 unspecified atom stereocenters. The van der Waals surface area contributed by atoms with Gasteiger partial charge in [0.2, 0.25) is 0 Å². The number of nitrogens with zero attached hydrogens (tertiary/aromatic N) is 3. The highest BCUT2D eigenvalue weighted by molar-refractivity contribution is 5.76. The van der Waals surface area contributed by atoms with Gasteiger partial charge in [-0.15, -0.1) is 5.10 Å². The molecule has 5 nitrogen and oxygen atoms in total. The highest BCUT2D eigenvalue weighted by Crippen LogP contribution is 2.35. The van der Waals surface area contributed by atoms with Crippen molar-refractivity contribution < 1.29 is 9.90 Å². The van der Waals surface area contributed by atoms with Crippen LogP contribution >= 0.6 is 0 Å². The molecule has 0 atom stereocenters. The van der Waals surface area contributed by atoms with E-state index in [0.717, 1.165) is 12.8 Å². The Bertz CT molecular complexity index is 301. The Morgan fingerprint density at radius 3 is 2.62 bits per heavy atom. The SMILES string of the molecule is O=C(O)C1(n2ccnn2)CCCC1. The summed E-state index contributed by atoms with van der Waals surface area (Å²) in [5.41, 5.74) is -0.823. The molecule has 0 aliphatic heterocycles. The van der Waals surface area contributed by atoms with Gasteiger partial charge < -0.3 is 5.11 Å². The van der Waals surface area contributed by atoms with Crippen LogP contribution in [0.15, 0.2) is 12.4 Å². The topological polar surface area (TPSA) is 68.0 Å². The molecule has 1 fully saturated rings. The molecular formula is C8H11N3O2. The Morgan fingerprint density at radius 2 is 2.15 bits per heavy atom. The third-order valence-electron chi connectivity index (χ3n) is 2.69. The lowest BCUT2D eigenvalue weighted by atomic mass is 9.98. The molecular weight excluding hydrogens is 170 g/mol. The van der Waals surface area contributed by atoms with Gasteiger partial charge in [-0.1, -0.05) is 18.1 Å². The second kappa shape index (κ2) is 2.83. The first-order chi connectivity index (χ1) is 6.26. The highest BCUT2D eigenvalue weighted by Gasteiger charge is 2.43. The molecule has 1 aliphatic rings. The Morgan fingerprint density at radius 1 is 1.46 bits per heavy atom. The maximum absolute atomic E-state index is 11.1. The first kappa shape index (κ1) is 8.22. The summed E-state index contributed by atoms with van der Waals surface area (Å²) in [5.74, 6) is -0.796. The van der Waals surface area contributed by atoms with Crippen LogP contribution in [0.1, 0.15) is 25.7 Å². The largest absolute Gasteiger partial charge is 0.479 e. The number of hydrogen-bond donors (Lipinski definition) is 1. The zero-order valence-electron chi connectivity index (χ0n) is 7.18. The molecule has 2 rings (SSSR count). The first-order valence-electron chi connectivity index (χ1n) is 4.36. The third-order valence-corrected chi connectivity index (χ3v) is 2.69. The van der Waals surface area contributed by atoms with Crippen LogP contribution in [0.5, 0.6) is 0 Å². The Labute approximate surface area is 75.4 Å². The van der Waals surface area contributed by atoms with Crippen LogP contribution in [0.25, 0.3) is 0 Å². The smallest absolute Gasteiger partial charge is 0.331 e. The highest BCUT2D eigenvalue weighted by atomic mass is 16.4. The summed E-state index contributed by atoms with van der Waals surface area (Å²) in [4.78, 5) is 11.1. The average Bonchev–Trinajstić information content (AvgIpc) is 2.75. The summed E-state index contributed by atoms with van der Waals surface area (Å²) >= 11 is 0. The van der Waals surface area contributed by atoms with Gasteiger partial charge in [0.25, 0.3) is 0 Å². The number of aromatic nitrogens is 3. The van der Waals surface area contributed by atoms with Crippen molar-refractivity contribution >= 4 is 5.97 Å². The van der Waals surface area contributed by atoms with E-state index in [9.17, 15) is 4.79 Å². The summed E-state index contributed by atoms with van der Waals surface area (Å²) in [6, 6.07) is 0. The molecule has 13 heavy (non-hydrogen) atoms. The van der Waals surface area contributed by atoms with Crippen LogP contribution in [-0.2, 0) is 10.3 Å². The molecule has 0 amide bonds. The van der Waals surface area contributed by atoms with Crippen molar-refractivity contribution in [3.05, 3.63) is 12.4 Å². The van der Waals surface area contributed by atoms with Crippen LogP contribution in [0.4, 0.5) is 0 Å². The molecule has 1 heterocycles. The van der Waals surface area contributed by atoms with E-state index in [2.05, 4.69) is 10.3 Å². The average molecular weight is 181 g/mol. The molecule has 1 saturated carbocycles. The zero-order valence-corrected chi connectivity index (χ0v) is 7.18. The molecule has 0 saturated heterocycles. The quantitative estimate of drug-likeness (QED) is 0.726. The van der Waals surface area contributed by atoms with Crippen molar-refractivity contribution in [2.45, 2.75) is 31.2 Å². The first-order valence-corrected chi connectivity index (χ1v) is 4.36. The van der Waals surface area contributed by atoms with Gasteiger partial charge in [-0.25, -0.2) is 9.48 Å². The summed E-state index contributed by atoms with van der Waals surface area (Å²) in [7, 11) is 0. The van der Waals surface area contributed by atoms with Gasteiger partial charge in [-0.3, -0.25) is 0 Å². The Kier molecular flexibility index (Phi) is 1.79. The maximum atomic E-state index is 11.1. The number of hydrogen-bond acceptors (Lipinski definition) is 3. The van der Waals surface area contributed by atoms with E-state index in [4.69, 9.17) is 5.11 Å². The number of rotatable bonds is 2. The van der Waals surface area contributed by atoms with Gasteiger partial charge in [0.15, 0.2) is 5.54 Å². The number of carbonyl (C=O) groups is 1. The summed E-state index contributed by atoms with van der Waals surface area (Å²) in [6.07, 6.45) is 6.36. The van der Waals surface area contributed by atoms with E-state index in [1.807, 2.05) is 0 Å². The van der Waals surface area contributed by atoms with Gasteiger partial charge >= 0.3 is 5.97 Å². The number of aliphatic carboxylic acids is 1. The molecule has 5 heteroatoms. The molecule has 70 valence electrons. The van der Waals surface area contributed by atoms with E-state index >= 15 is 0 Å². The van der Waals surface area contributed by atoms with E-state index in [-0.39, 0.29) is 0 Å². The summed E-state index contributed by atoms with van der Waals surface area (Å²) in [5, 5.41) is 16.6. The van der Waals surface area contributed by atoms with Gasteiger partial charge in [-0.05, 0) is 12.8 Å². The van der Waals surface area contributed by atoms with Gasteiger partial charge in [0, 0.05) is 6.20 Å². The van der Waals surface area contributed by atoms with E-state index in [1.165, 1.54) is 10.9 Å². The van der Waals surface area contributed by atoms with Crippen LogP contribution in [0, 0.1) is 0 Å². The van der Waals surface area contributed by atoms with Crippen LogP contribution in [0.3, 0.4) is 0 Å². The van der Waals surface area contributed by atoms with Crippen LogP contribution < -0.4 is 0 Å². The fraction of sp³-hybridized carbons (Fsp3) is 0.625. The van der Waals surface area contributed by atoms with Crippen molar-refractivity contribution in [3.8, 4) is 0 Å². The van der Waals surface area contributed by atoms with Crippen molar-refractivity contribution in [3.63, 3.8) is 0 Å². The van der Waals surface area contributed by atoms with Crippen molar-refractivity contribution in [2.75, 3.05) is 0 Å². The zero-order chi connectivity index (χ0) is 9.31. The normalized spacial score (nSPS) is 20.3. The van der Waals surface area contributed by atoms with Crippen molar-refractivity contribution in [1.29, 1.82) is 0 Å². The summed E-state index contributed by atoms with van der Waals surface area (Å²) < 4.78 is 1.47. The lowest BCUT2D eigenvalue weighted by Gasteiger charge is -2.23. The Hall–Kier alpha value is -1.39. The number of carboxylic acid groups (broad SMARTS) is 1. The molecule has 1 aliphatic carbocycles. The lowest BCUT2D eigenvalue weighted by molar-refractivity contribution is -0.148. The third kappa shape index (κ3) is 1.11. The molecule has 0 spiro atoms. The molecule has 0 bridgehead atoms. The van der Waals surface area contributed by atoms with E-state index < -0.39 is 11.5 Å². The second-order valence-corrected chi connectivity index (χ2v) is 3.39. The van der Waals surface area contributed by atoms with Gasteiger partial charge in [0.05, 0.1) is 6.20 Å². The fourth-order valence-corrected chi connectivity index (χ4v) is 1.94. The predicted molar refractivity (Wildman–Crippen MR) is 44.1 cm³/mol. The van der Waals surface area contributed by atoms with Gasteiger partial charge in [0.1, 0.15) is 0 Å². The van der Waals surface area contributed by atoms with Gasteiger partial charge in [-0.2, -0.15) is 0 Å². The fourth-order valence-electron chi connectivity index (χ4n) is 1.94. The van der Waals surface area contributed by atoms with Crippen LogP contribution in [-0.4, -0.2) is 26.1 Å². The predicted octanol–water partition coefficient (Wildman–Crippen LogP) is 0.632. The molecule has 1 aromatic heterocycles. The van der Waals surface area contributed by atoms with E-state index in [0.29, 0.717) is 12.8 Å². The Balaban J connectivity index is 2.39. The molecule has 1 aromatic rings. The number of carboxylic acids is 1.